The molecular formula is C22H27N5O2S. The lowest BCUT2D eigenvalue weighted by Gasteiger charge is -2.61. The van der Waals surface area contributed by atoms with Gasteiger partial charge in [0.05, 0.1) is 11.7 Å². The standard InChI is InChI=1S/C22H27N5O2S/c1-21(2,3)30(29)24-19(18-13-27(25-23-18)22-10-14(11-22)12-22)16-6-5-7-17-15(16)8-9-26(4)20(17)28/h5-9,13-14,19,24H,10-12H2,1-4H3/t14?,19-,22?,30?/m0/s1. The summed E-state index contributed by atoms with van der Waals surface area (Å²) in [6.07, 6.45) is 7.28. The minimum Gasteiger partial charge on any atom is -0.598 e. The molecule has 7 nitrogen and oxygen atoms in total. The Balaban J connectivity index is 1.61. The normalized spacial score (nSPS) is 24.9. The molecule has 3 fully saturated rings. The van der Waals surface area contributed by atoms with Gasteiger partial charge in [0, 0.05) is 30.0 Å². The van der Waals surface area contributed by atoms with Crippen molar-refractivity contribution in [3.63, 3.8) is 0 Å². The van der Waals surface area contributed by atoms with Crippen LogP contribution in [0.1, 0.15) is 57.3 Å². The fraction of sp³-hybridized carbons (Fsp3) is 0.500. The second-order valence-electron chi connectivity index (χ2n) is 9.76. The predicted molar refractivity (Wildman–Crippen MR) is 117 cm³/mol. The average molecular weight is 426 g/mol. The van der Waals surface area contributed by atoms with Crippen LogP contribution in [0.2, 0.25) is 0 Å². The number of benzene rings is 1. The van der Waals surface area contributed by atoms with Crippen LogP contribution in [0.15, 0.2) is 41.5 Å². The lowest BCUT2D eigenvalue weighted by atomic mass is 9.50. The molecule has 2 atom stereocenters. The molecule has 2 heterocycles. The van der Waals surface area contributed by atoms with Crippen LogP contribution < -0.4 is 10.3 Å². The van der Waals surface area contributed by atoms with Gasteiger partial charge in [-0.1, -0.05) is 17.3 Å². The molecule has 3 aliphatic carbocycles. The van der Waals surface area contributed by atoms with Crippen LogP contribution in [-0.4, -0.2) is 28.9 Å². The Bertz CT molecular complexity index is 1160. The second kappa shape index (κ2) is 6.67. The maximum atomic E-state index is 13.0. The molecule has 8 heteroatoms. The van der Waals surface area contributed by atoms with E-state index in [1.807, 2.05) is 55.9 Å². The smallest absolute Gasteiger partial charge is 0.258 e. The minimum absolute atomic E-state index is 0.0532. The second-order valence-corrected chi connectivity index (χ2v) is 11.8. The molecule has 6 rings (SSSR count). The van der Waals surface area contributed by atoms with E-state index in [-0.39, 0.29) is 11.1 Å². The van der Waals surface area contributed by atoms with Crippen molar-refractivity contribution in [3.05, 3.63) is 58.3 Å². The van der Waals surface area contributed by atoms with E-state index in [1.165, 1.54) is 19.3 Å². The maximum Gasteiger partial charge on any atom is 0.258 e. The Hall–Kier alpha value is -2.16. The molecule has 0 radical (unpaired) electrons. The molecule has 3 aromatic rings. The molecular weight excluding hydrogens is 398 g/mol. The quantitative estimate of drug-likeness (QED) is 0.635. The molecule has 158 valence electrons. The summed E-state index contributed by atoms with van der Waals surface area (Å²) in [6, 6.07) is 7.18. The molecule has 2 bridgehead atoms. The first-order valence-electron chi connectivity index (χ1n) is 10.4. The summed E-state index contributed by atoms with van der Waals surface area (Å²) in [4.78, 5) is 12.7. The number of aromatic nitrogens is 4. The molecule has 0 spiro atoms. The molecule has 3 saturated carbocycles. The Labute approximate surface area is 178 Å². The first-order valence-corrected chi connectivity index (χ1v) is 11.5. The number of nitrogens with zero attached hydrogens (tertiary/aromatic N) is 4. The number of pyridine rings is 1. The Morgan fingerprint density at radius 3 is 2.60 bits per heavy atom. The summed E-state index contributed by atoms with van der Waals surface area (Å²) >= 11 is -1.32. The van der Waals surface area contributed by atoms with Gasteiger partial charge in [0.15, 0.2) is 0 Å². The number of hydrogen-bond donors (Lipinski definition) is 1. The molecule has 1 aromatic carbocycles. The minimum atomic E-state index is -1.32. The van der Waals surface area contributed by atoms with Gasteiger partial charge in [-0.05, 0) is 69.0 Å². The van der Waals surface area contributed by atoms with Crippen LogP contribution in [0, 0.1) is 5.92 Å². The molecule has 0 saturated heterocycles. The third-order valence-corrected chi connectivity index (χ3v) is 8.11. The first-order chi connectivity index (χ1) is 14.2. The molecule has 3 aliphatic rings. The van der Waals surface area contributed by atoms with Gasteiger partial charge in [0.2, 0.25) is 0 Å². The number of aryl methyl sites for hydroxylation is 1. The summed E-state index contributed by atoms with van der Waals surface area (Å²) in [7, 11) is 1.74. The number of rotatable bonds is 5. The summed E-state index contributed by atoms with van der Waals surface area (Å²) in [6.45, 7) is 5.81. The highest BCUT2D eigenvalue weighted by Gasteiger charge is 2.59. The van der Waals surface area contributed by atoms with E-state index in [0.717, 1.165) is 22.6 Å². The van der Waals surface area contributed by atoms with Gasteiger partial charge in [-0.25, -0.2) is 4.68 Å². The van der Waals surface area contributed by atoms with Gasteiger partial charge in [-0.2, -0.15) is 0 Å². The fourth-order valence-corrected chi connectivity index (χ4v) is 5.39. The zero-order valence-corrected chi connectivity index (χ0v) is 18.6. The van der Waals surface area contributed by atoms with Crippen LogP contribution in [-0.2, 0) is 23.9 Å². The highest BCUT2D eigenvalue weighted by Crippen LogP contribution is 2.61. The van der Waals surface area contributed by atoms with Crippen LogP contribution in [0.5, 0.6) is 0 Å². The van der Waals surface area contributed by atoms with E-state index in [1.54, 1.807) is 17.8 Å². The molecule has 1 N–H and O–H groups in total. The third-order valence-electron chi connectivity index (χ3n) is 6.55. The van der Waals surface area contributed by atoms with Crippen LogP contribution in [0.25, 0.3) is 10.8 Å². The molecule has 0 aliphatic heterocycles. The van der Waals surface area contributed by atoms with Crippen molar-refractivity contribution in [1.29, 1.82) is 0 Å². The zero-order chi connectivity index (χ0) is 21.3. The number of nitrogens with one attached hydrogen (secondary N) is 1. The van der Waals surface area contributed by atoms with E-state index in [9.17, 15) is 9.35 Å². The molecule has 1 unspecified atom stereocenters. The van der Waals surface area contributed by atoms with E-state index >= 15 is 0 Å². The lowest BCUT2D eigenvalue weighted by molar-refractivity contribution is -0.0989. The largest absolute Gasteiger partial charge is 0.598 e. The van der Waals surface area contributed by atoms with Gasteiger partial charge in [0.1, 0.15) is 16.5 Å². The first kappa shape index (κ1) is 19.8. The summed E-state index contributed by atoms with van der Waals surface area (Å²) in [5.74, 6) is 0.842. The van der Waals surface area contributed by atoms with Crippen molar-refractivity contribution >= 4 is 22.1 Å². The highest BCUT2D eigenvalue weighted by atomic mass is 32.2. The number of fused-ring (bicyclic) bond motifs is 1. The number of hydrogen-bond acceptors (Lipinski definition) is 5. The zero-order valence-electron chi connectivity index (χ0n) is 17.8. The van der Waals surface area contributed by atoms with Crippen LogP contribution in [0.3, 0.4) is 0 Å². The Morgan fingerprint density at radius 1 is 1.23 bits per heavy atom. The topological polar surface area (TPSA) is 87.8 Å². The third kappa shape index (κ3) is 3.01. The maximum absolute atomic E-state index is 13.0. The summed E-state index contributed by atoms with van der Waals surface area (Å²) < 4.78 is 19.4. The van der Waals surface area contributed by atoms with E-state index in [0.29, 0.717) is 5.39 Å². The van der Waals surface area contributed by atoms with Crippen LogP contribution in [0.4, 0.5) is 0 Å². The van der Waals surface area contributed by atoms with Crippen molar-refractivity contribution in [1.82, 2.24) is 24.3 Å². The predicted octanol–water partition coefficient (Wildman–Crippen LogP) is 2.78. The average Bonchev–Trinajstić information content (AvgIpc) is 3.08. The highest BCUT2D eigenvalue weighted by molar-refractivity contribution is 7.90. The summed E-state index contributed by atoms with van der Waals surface area (Å²) in [5.41, 5.74) is 1.69. The summed E-state index contributed by atoms with van der Waals surface area (Å²) in [5, 5.41) is 10.4. The van der Waals surface area contributed by atoms with Gasteiger partial charge in [-0.3, -0.25) is 4.79 Å². The van der Waals surface area contributed by atoms with Crippen molar-refractivity contribution in [2.45, 2.75) is 56.4 Å². The van der Waals surface area contributed by atoms with Crippen molar-refractivity contribution < 1.29 is 4.55 Å². The van der Waals surface area contributed by atoms with Crippen molar-refractivity contribution in [2.24, 2.45) is 13.0 Å². The van der Waals surface area contributed by atoms with Gasteiger partial charge >= 0.3 is 0 Å². The Kier molecular flexibility index (Phi) is 4.40. The van der Waals surface area contributed by atoms with Crippen LogP contribution >= 0.6 is 0 Å². The van der Waals surface area contributed by atoms with Gasteiger partial charge < -0.3 is 9.12 Å². The van der Waals surface area contributed by atoms with E-state index in [4.69, 9.17) is 0 Å². The molecule has 30 heavy (non-hydrogen) atoms. The molecule has 2 aromatic heterocycles. The van der Waals surface area contributed by atoms with Crippen molar-refractivity contribution in [3.8, 4) is 0 Å². The Morgan fingerprint density at radius 2 is 1.97 bits per heavy atom. The fourth-order valence-electron chi connectivity index (χ4n) is 4.57. The van der Waals surface area contributed by atoms with Gasteiger partial charge in [-0.15, -0.1) is 9.82 Å². The van der Waals surface area contributed by atoms with Crippen molar-refractivity contribution in [2.75, 3.05) is 0 Å². The SMILES string of the molecule is Cn1ccc2c([C@H](N[S+]([O-])C(C)(C)C)c3cn(C45CC(C4)C5)nn3)cccc2c1=O. The monoisotopic (exact) mass is 425 g/mol. The molecule has 0 amide bonds. The van der Waals surface area contributed by atoms with Gasteiger partial charge in [0.25, 0.3) is 5.56 Å². The van der Waals surface area contributed by atoms with E-state index in [2.05, 4.69) is 15.0 Å². The lowest BCUT2D eigenvalue weighted by Crippen LogP contribution is -2.59. The van der Waals surface area contributed by atoms with E-state index < -0.39 is 22.2 Å².